The number of halogens is 1. The van der Waals surface area contributed by atoms with Gasteiger partial charge in [-0.05, 0) is 26.2 Å². The largest absolute Gasteiger partial charge is 0.351 e. The number of carbonyl (C=O) groups excluding carboxylic acids is 1. The summed E-state index contributed by atoms with van der Waals surface area (Å²) in [5, 5.41) is 3.02. The minimum absolute atomic E-state index is 0.0657. The van der Waals surface area contributed by atoms with Crippen molar-refractivity contribution in [2.24, 2.45) is 5.92 Å². The fourth-order valence-electron chi connectivity index (χ4n) is 1.32. The fourth-order valence-corrected chi connectivity index (χ4v) is 1.46. The van der Waals surface area contributed by atoms with E-state index in [4.69, 9.17) is 11.6 Å². The molecule has 0 heterocycles. The second kappa shape index (κ2) is 3.65. The zero-order valence-corrected chi connectivity index (χ0v) is 8.45. The van der Waals surface area contributed by atoms with Crippen LogP contribution >= 0.6 is 11.6 Å². The van der Waals surface area contributed by atoms with Crippen LogP contribution in [0.2, 0.25) is 0 Å². The predicted molar refractivity (Wildman–Crippen MR) is 50.3 cm³/mol. The summed E-state index contributed by atoms with van der Waals surface area (Å²) in [5.41, 5.74) is 0.0669. The van der Waals surface area contributed by atoms with Crippen molar-refractivity contribution in [3.8, 4) is 0 Å². The van der Waals surface area contributed by atoms with Crippen LogP contribution in [0.1, 0.15) is 33.1 Å². The fraction of sp³-hybridized carbons (Fsp3) is 0.889. The highest BCUT2D eigenvalue weighted by molar-refractivity contribution is 6.19. The number of hydrogen-bond donors (Lipinski definition) is 1. The Kier molecular flexibility index (Phi) is 2.99. The van der Waals surface area contributed by atoms with Crippen molar-refractivity contribution in [1.29, 1.82) is 0 Å². The molecule has 1 aliphatic carbocycles. The highest BCUT2D eigenvalue weighted by atomic mass is 35.5. The molecule has 0 saturated heterocycles. The molecule has 3 heteroatoms. The molecule has 1 fully saturated rings. The highest BCUT2D eigenvalue weighted by Gasteiger charge is 2.33. The van der Waals surface area contributed by atoms with Crippen LogP contribution in [-0.2, 0) is 4.79 Å². The van der Waals surface area contributed by atoms with E-state index in [1.165, 1.54) is 6.42 Å². The molecule has 0 bridgehead atoms. The van der Waals surface area contributed by atoms with Crippen LogP contribution in [0, 0.1) is 5.92 Å². The number of amides is 1. The Hall–Kier alpha value is -0.240. The molecule has 1 N–H and O–H groups in total. The molecule has 0 aromatic carbocycles. The van der Waals surface area contributed by atoms with E-state index in [0.717, 1.165) is 12.8 Å². The van der Waals surface area contributed by atoms with Crippen LogP contribution in [0.25, 0.3) is 0 Å². The van der Waals surface area contributed by atoms with Crippen LogP contribution in [0.15, 0.2) is 0 Å². The van der Waals surface area contributed by atoms with Crippen molar-refractivity contribution < 1.29 is 4.79 Å². The molecule has 0 aromatic heterocycles. The summed E-state index contributed by atoms with van der Waals surface area (Å²) >= 11 is 5.58. The first-order chi connectivity index (χ1) is 5.57. The topological polar surface area (TPSA) is 29.1 Å². The molecule has 70 valence electrons. The normalized spacial score (nSPS) is 22.6. The Morgan fingerprint density at radius 2 is 2.25 bits per heavy atom. The van der Waals surface area contributed by atoms with Gasteiger partial charge in [0, 0.05) is 17.3 Å². The summed E-state index contributed by atoms with van der Waals surface area (Å²) in [5.74, 6) is 0.429. The maximum atomic E-state index is 11.4. The number of hydrogen-bond acceptors (Lipinski definition) is 1. The third kappa shape index (κ3) is 2.13. The third-order valence-electron chi connectivity index (χ3n) is 2.56. The summed E-state index contributed by atoms with van der Waals surface area (Å²) in [6.07, 6.45) is 3.44. The van der Waals surface area contributed by atoms with E-state index < -0.39 is 0 Å². The second-order valence-corrected chi connectivity index (χ2v) is 4.27. The lowest BCUT2D eigenvalue weighted by molar-refractivity contribution is -0.126. The first kappa shape index (κ1) is 9.85. The Labute approximate surface area is 78.7 Å². The number of nitrogens with one attached hydrogen (secondary N) is 1. The van der Waals surface area contributed by atoms with Crippen LogP contribution in [-0.4, -0.2) is 17.3 Å². The zero-order chi connectivity index (χ0) is 9.19. The van der Waals surface area contributed by atoms with Crippen molar-refractivity contribution >= 4 is 17.5 Å². The molecule has 1 amide bonds. The van der Waals surface area contributed by atoms with Gasteiger partial charge in [0.15, 0.2) is 0 Å². The molecular formula is C9H16ClNO. The van der Waals surface area contributed by atoms with Gasteiger partial charge in [-0.2, -0.15) is 0 Å². The minimum Gasteiger partial charge on any atom is -0.351 e. The molecule has 1 atom stereocenters. The monoisotopic (exact) mass is 189 g/mol. The Balaban J connectivity index is 2.35. The molecule has 12 heavy (non-hydrogen) atoms. The molecular weight excluding hydrogens is 174 g/mol. The van der Waals surface area contributed by atoms with Gasteiger partial charge in [-0.15, -0.1) is 11.6 Å². The van der Waals surface area contributed by atoms with Gasteiger partial charge in [-0.3, -0.25) is 4.79 Å². The van der Waals surface area contributed by atoms with Crippen LogP contribution in [0.3, 0.4) is 0 Å². The molecule has 1 aliphatic rings. The van der Waals surface area contributed by atoms with Crippen LogP contribution in [0.4, 0.5) is 0 Å². The van der Waals surface area contributed by atoms with E-state index in [9.17, 15) is 4.79 Å². The molecule has 0 aliphatic heterocycles. The summed E-state index contributed by atoms with van der Waals surface area (Å²) in [6, 6.07) is 0. The predicted octanol–water partition coefficient (Wildman–Crippen LogP) is 1.92. The second-order valence-electron chi connectivity index (χ2n) is 3.96. The number of alkyl halides is 1. The van der Waals surface area contributed by atoms with Crippen LogP contribution in [0.5, 0.6) is 0 Å². The van der Waals surface area contributed by atoms with Crippen molar-refractivity contribution in [2.75, 3.05) is 5.88 Å². The Bertz CT molecular complexity index is 177. The van der Waals surface area contributed by atoms with Gasteiger partial charge >= 0.3 is 0 Å². The summed E-state index contributed by atoms with van der Waals surface area (Å²) in [7, 11) is 0. The smallest absolute Gasteiger partial charge is 0.224 e. The molecule has 1 saturated carbocycles. The van der Waals surface area contributed by atoms with Crippen molar-refractivity contribution in [2.45, 2.75) is 38.6 Å². The van der Waals surface area contributed by atoms with E-state index in [-0.39, 0.29) is 17.4 Å². The lowest BCUT2D eigenvalue weighted by Gasteiger charge is -2.39. The molecule has 0 radical (unpaired) electrons. The third-order valence-corrected chi connectivity index (χ3v) is 3.02. The Morgan fingerprint density at radius 1 is 1.67 bits per heavy atom. The van der Waals surface area contributed by atoms with Gasteiger partial charge in [-0.1, -0.05) is 6.92 Å². The summed E-state index contributed by atoms with van der Waals surface area (Å²) in [4.78, 5) is 11.4. The van der Waals surface area contributed by atoms with E-state index >= 15 is 0 Å². The molecule has 2 nitrogen and oxygen atoms in total. The molecule has 1 rings (SSSR count). The standard InChI is InChI=1S/C9H16ClNO/c1-7(6-10)8(12)11-9(2)4-3-5-9/h7H,3-6H2,1-2H3,(H,11,12). The van der Waals surface area contributed by atoms with Gasteiger partial charge in [0.2, 0.25) is 5.91 Å². The molecule has 0 aromatic rings. The van der Waals surface area contributed by atoms with Gasteiger partial charge in [-0.25, -0.2) is 0 Å². The lowest BCUT2D eigenvalue weighted by atomic mass is 9.78. The maximum Gasteiger partial charge on any atom is 0.224 e. The first-order valence-electron chi connectivity index (χ1n) is 4.45. The van der Waals surface area contributed by atoms with Crippen LogP contribution < -0.4 is 5.32 Å². The SMILES string of the molecule is CC(CCl)C(=O)NC1(C)CCC1. The van der Waals surface area contributed by atoms with Crippen molar-refractivity contribution in [1.82, 2.24) is 5.32 Å². The minimum atomic E-state index is -0.0657. The Morgan fingerprint density at radius 3 is 2.58 bits per heavy atom. The van der Waals surface area contributed by atoms with E-state index in [1.807, 2.05) is 6.92 Å². The summed E-state index contributed by atoms with van der Waals surface area (Å²) < 4.78 is 0. The lowest BCUT2D eigenvalue weighted by Crippen LogP contribution is -2.52. The van der Waals surface area contributed by atoms with Gasteiger partial charge < -0.3 is 5.32 Å². The maximum absolute atomic E-state index is 11.4. The number of rotatable bonds is 3. The van der Waals surface area contributed by atoms with Crippen molar-refractivity contribution in [3.63, 3.8) is 0 Å². The van der Waals surface area contributed by atoms with Crippen molar-refractivity contribution in [3.05, 3.63) is 0 Å². The quantitative estimate of drug-likeness (QED) is 0.676. The van der Waals surface area contributed by atoms with E-state index in [1.54, 1.807) is 0 Å². The first-order valence-corrected chi connectivity index (χ1v) is 4.99. The number of carbonyl (C=O) groups is 1. The van der Waals surface area contributed by atoms with E-state index in [2.05, 4.69) is 12.2 Å². The molecule has 1 unspecified atom stereocenters. The van der Waals surface area contributed by atoms with Gasteiger partial charge in [0.05, 0.1) is 0 Å². The van der Waals surface area contributed by atoms with Gasteiger partial charge in [0.25, 0.3) is 0 Å². The summed E-state index contributed by atoms with van der Waals surface area (Å²) in [6.45, 7) is 3.94. The zero-order valence-electron chi connectivity index (χ0n) is 7.69. The molecule has 0 spiro atoms. The van der Waals surface area contributed by atoms with Gasteiger partial charge in [0.1, 0.15) is 0 Å². The average molecular weight is 190 g/mol. The highest BCUT2D eigenvalue weighted by Crippen LogP contribution is 2.31. The average Bonchev–Trinajstić information content (AvgIpc) is 2.00. The van der Waals surface area contributed by atoms with E-state index in [0.29, 0.717) is 5.88 Å².